The fraction of sp³-hybridized carbons (Fsp3) is 0.424. The number of anilines is 1. The molecule has 8 heteroatoms. The molecule has 4 heterocycles. The van der Waals surface area contributed by atoms with E-state index >= 15 is 0 Å². The molecule has 4 aliphatic heterocycles. The average molecular weight is 556 g/mol. The fourth-order valence-corrected chi connectivity index (χ4v) is 7.25. The van der Waals surface area contributed by atoms with Crippen LogP contribution in [-0.4, -0.2) is 75.6 Å². The third-order valence-corrected chi connectivity index (χ3v) is 9.19. The normalized spacial score (nSPS) is 31.6. The van der Waals surface area contributed by atoms with Gasteiger partial charge in [0.05, 0.1) is 30.1 Å². The molecule has 1 N–H and O–H groups in total. The van der Waals surface area contributed by atoms with E-state index in [9.17, 15) is 19.5 Å². The van der Waals surface area contributed by atoms with Gasteiger partial charge in [0.1, 0.15) is 11.6 Å². The summed E-state index contributed by atoms with van der Waals surface area (Å²) in [5, 5.41) is 10.2. The van der Waals surface area contributed by atoms with Crippen molar-refractivity contribution in [2.75, 3.05) is 24.6 Å². The van der Waals surface area contributed by atoms with Crippen LogP contribution >= 0.6 is 0 Å². The van der Waals surface area contributed by atoms with Gasteiger partial charge in [-0.2, -0.15) is 0 Å². The first-order valence-electron chi connectivity index (χ1n) is 14.3. The van der Waals surface area contributed by atoms with Crippen molar-refractivity contribution in [3.63, 3.8) is 0 Å². The molecule has 1 unspecified atom stereocenters. The Balaban J connectivity index is 1.46. The van der Waals surface area contributed by atoms with Crippen molar-refractivity contribution in [1.82, 2.24) is 9.80 Å². The third-order valence-electron chi connectivity index (χ3n) is 9.19. The number of amides is 3. The molecular weight excluding hydrogens is 518 g/mol. The maximum Gasteiger partial charge on any atom is 0.253 e. The summed E-state index contributed by atoms with van der Waals surface area (Å²) in [6, 6.07) is 14.0. The molecule has 6 rings (SSSR count). The minimum atomic E-state index is -1.36. The van der Waals surface area contributed by atoms with E-state index in [1.54, 1.807) is 16.7 Å². The number of fused-ring (bicyclic) bond motifs is 2. The Morgan fingerprint density at radius 2 is 1.68 bits per heavy atom. The van der Waals surface area contributed by atoms with Crippen LogP contribution in [0.25, 0.3) is 0 Å². The number of aliphatic hydroxyl groups excluding tert-OH is 1. The van der Waals surface area contributed by atoms with Gasteiger partial charge < -0.3 is 24.5 Å². The predicted octanol–water partition coefficient (Wildman–Crippen LogP) is 3.16. The molecule has 3 amide bonds. The average Bonchev–Trinajstić information content (AvgIpc) is 3.24. The second-order valence-electron chi connectivity index (χ2n) is 12.0. The van der Waals surface area contributed by atoms with E-state index in [0.29, 0.717) is 19.6 Å². The smallest absolute Gasteiger partial charge is 0.253 e. The van der Waals surface area contributed by atoms with E-state index in [1.807, 2.05) is 93.6 Å². The number of aliphatic hydroxyl groups is 1. The van der Waals surface area contributed by atoms with Gasteiger partial charge >= 0.3 is 0 Å². The Kier molecular flexibility index (Phi) is 6.66. The van der Waals surface area contributed by atoms with Gasteiger partial charge in [0.2, 0.25) is 11.8 Å². The first-order chi connectivity index (χ1) is 19.6. The SMILES string of the molecule is Cc1ccc(C)c(N2CC=C[C@]34O[C@]5(C)C=CCN(Cc6ccccc6)C(=O)[C@@H]5[C@H]3C(=O)N([C@H](C)CO)C4C2=O)c1. The van der Waals surface area contributed by atoms with Crippen LogP contribution in [0.15, 0.2) is 72.8 Å². The van der Waals surface area contributed by atoms with Gasteiger partial charge in [-0.1, -0.05) is 66.8 Å². The minimum Gasteiger partial charge on any atom is -0.394 e. The number of nitrogens with zero attached hydrogens (tertiary/aromatic N) is 3. The molecule has 41 heavy (non-hydrogen) atoms. The van der Waals surface area contributed by atoms with Crippen LogP contribution in [0.4, 0.5) is 5.69 Å². The predicted molar refractivity (Wildman–Crippen MR) is 155 cm³/mol. The monoisotopic (exact) mass is 555 g/mol. The zero-order chi connectivity index (χ0) is 29.1. The summed E-state index contributed by atoms with van der Waals surface area (Å²) in [6.45, 7) is 8.30. The molecule has 6 atom stereocenters. The largest absolute Gasteiger partial charge is 0.394 e. The van der Waals surface area contributed by atoms with Crippen molar-refractivity contribution < 1.29 is 24.2 Å². The number of rotatable bonds is 5. The third kappa shape index (κ3) is 4.15. The first-order valence-corrected chi connectivity index (χ1v) is 14.3. The summed E-state index contributed by atoms with van der Waals surface area (Å²) < 4.78 is 6.89. The van der Waals surface area contributed by atoms with Gasteiger partial charge in [-0.05, 0) is 50.5 Å². The van der Waals surface area contributed by atoms with E-state index in [-0.39, 0.29) is 24.3 Å². The molecule has 0 saturated carbocycles. The summed E-state index contributed by atoms with van der Waals surface area (Å²) in [6.07, 6.45) is 7.55. The van der Waals surface area contributed by atoms with Crippen molar-refractivity contribution in [2.24, 2.45) is 11.8 Å². The highest BCUT2D eigenvalue weighted by molar-refractivity contribution is 6.06. The Labute approximate surface area is 240 Å². The van der Waals surface area contributed by atoms with Gasteiger partial charge in [0.15, 0.2) is 0 Å². The fourth-order valence-electron chi connectivity index (χ4n) is 7.25. The van der Waals surface area contributed by atoms with Crippen LogP contribution in [0.1, 0.15) is 30.5 Å². The van der Waals surface area contributed by atoms with Gasteiger partial charge in [-0.15, -0.1) is 0 Å². The second-order valence-corrected chi connectivity index (χ2v) is 12.0. The van der Waals surface area contributed by atoms with E-state index in [2.05, 4.69) is 0 Å². The van der Waals surface area contributed by atoms with Crippen molar-refractivity contribution in [1.29, 1.82) is 0 Å². The number of hydrogen-bond acceptors (Lipinski definition) is 5. The lowest BCUT2D eigenvalue weighted by atomic mass is 9.74. The second kappa shape index (κ2) is 9.96. The molecule has 2 fully saturated rings. The lowest BCUT2D eigenvalue weighted by Crippen LogP contribution is -2.58. The molecule has 8 nitrogen and oxygen atoms in total. The number of benzene rings is 2. The van der Waals surface area contributed by atoms with E-state index < -0.39 is 35.1 Å². The number of ether oxygens (including phenoxy) is 1. The molecule has 4 aliphatic rings. The summed E-state index contributed by atoms with van der Waals surface area (Å²) in [4.78, 5) is 48.3. The Bertz CT molecular complexity index is 1450. The number of hydrogen-bond donors (Lipinski definition) is 1. The molecule has 0 bridgehead atoms. The number of likely N-dealkylation sites (tertiary alicyclic amines) is 1. The van der Waals surface area contributed by atoms with Crippen LogP contribution in [0, 0.1) is 25.7 Å². The van der Waals surface area contributed by atoms with Crippen molar-refractivity contribution in [3.8, 4) is 0 Å². The maximum atomic E-state index is 14.6. The molecule has 214 valence electrons. The van der Waals surface area contributed by atoms with Gasteiger partial charge in [0.25, 0.3) is 5.91 Å². The maximum absolute atomic E-state index is 14.6. The lowest BCUT2D eigenvalue weighted by Gasteiger charge is -2.39. The molecular formula is C33H37N3O5. The van der Waals surface area contributed by atoms with Crippen LogP contribution in [0.2, 0.25) is 0 Å². The standard InChI is InChI=1S/C33H37N3O5/c1-21-12-13-22(2)25(18-21)35-17-9-15-33-27(30(39)36(23(3)20-37)28(33)31(35)40)26-29(38)34(16-8-14-32(26,4)41-33)19-24-10-6-5-7-11-24/h5-15,18,23,26-28,37H,16-17,19-20H2,1-4H3/t23-,26+,27+,28?,32-,33+/m1/s1. The first kappa shape index (κ1) is 27.4. The molecule has 2 aromatic rings. The highest BCUT2D eigenvalue weighted by atomic mass is 16.5. The molecule has 1 spiro atoms. The number of carbonyl (C=O) groups is 3. The Morgan fingerprint density at radius 1 is 0.951 bits per heavy atom. The lowest BCUT2D eigenvalue weighted by molar-refractivity contribution is -0.151. The summed E-state index contributed by atoms with van der Waals surface area (Å²) in [5.41, 5.74) is 1.27. The zero-order valence-electron chi connectivity index (χ0n) is 24.0. The Hall–Kier alpha value is -3.75. The van der Waals surface area contributed by atoms with E-state index in [4.69, 9.17) is 4.74 Å². The quantitative estimate of drug-likeness (QED) is 0.573. The highest BCUT2D eigenvalue weighted by Gasteiger charge is 2.75. The van der Waals surface area contributed by atoms with Crippen molar-refractivity contribution in [2.45, 2.75) is 57.5 Å². The molecule has 2 aromatic carbocycles. The zero-order valence-corrected chi connectivity index (χ0v) is 24.0. The summed E-state index contributed by atoms with van der Waals surface area (Å²) in [7, 11) is 0. The van der Waals surface area contributed by atoms with Gasteiger partial charge in [0, 0.05) is 25.3 Å². The topological polar surface area (TPSA) is 90.4 Å². The number of aryl methyl sites for hydroxylation is 2. The molecule has 2 saturated heterocycles. The molecule has 0 aliphatic carbocycles. The number of carbonyl (C=O) groups excluding carboxylic acids is 3. The Morgan fingerprint density at radius 3 is 2.41 bits per heavy atom. The van der Waals surface area contributed by atoms with Crippen molar-refractivity contribution in [3.05, 3.63) is 89.5 Å². The summed E-state index contributed by atoms with van der Waals surface area (Å²) >= 11 is 0. The minimum absolute atomic E-state index is 0.176. The molecule has 0 radical (unpaired) electrons. The van der Waals surface area contributed by atoms with Crippen LogP contribution in [0.3, 0.4) is 0 Å². The summed E-state index contributed by atoms with van der Waals surface area (Å²) in [5.74, 6) is -2.54. The van der Waals surface area contributed by atoms with Crippen LogP contribution < -0.4 is 4.90 Å². The van der Waals surface area contributed by atoms with Crippen LogP contribution in [-0.2, 0) is 25.7 Å². The van der Waals surface area contributed by atoms with Gasteiger partial charge in [-0.3, -0.25) is 14.4 Å². The molecule has 0 aromatic heterocycles. The van der Waals surface area contributed by atoms with E-state index in [0.717, 1.165) is 22.4 Å². The highest BCUT2D eigenvalue weighted by Crippen LogP contribution is 2.58. The van der Waals surface area contributed by atoms with E-state index in [1.165, 1.54) is 4.90 Å². The van der Waals surface area contributed by atoms with Crippen LogP contribution in [0.5, 0.6) is 0 Å². The van der Waals surface area contributed by atoms with Gasteiger partial charge in [-0.25, -0.2) is 0 Å². The van der Waals surface area contributed by atoms with Crippen molar-refractivity contribution >= 4 is 23.4 Å².